The number of carboxylic acids is 1. The summed E-state index contributed by atoms with van der Waals surface area (Å²) in [5, 5.41) is 8.88. The summed E-state index contributed by atoms with van der Waals surface area (Å²) in [6, 6.07) is 0. The number of aliphatic carboxylic acids is 1. The lowest BCUT2D eigenvalue weighted by Crippen LogP contribution is -2.43. The van der Waals surface area contributed by atoms with Gasteiger partial charge in [-0.1, -0.05) is 6.42 Å². The highest BCUT2D eigenvalue weighted by Crippen LogP contribution is 2.43. The fraction of sp³-hybridized carbons (Fsp3) is 0.636. The van der Waals surface area contributed by atoms with Gasteiger partial charge in [-0.05, 0) is 25.2 Å². The summed E-state index contributed by atoms with van der Waals surface area (Å²) in [6.45, 7) is 1.82. The minimum Gasteiger partial charge on any atom is -0.481 e. The monoisotopic (exact) mass is 287 g/mol. The molecular formula is C11H17N3O4S. The van der Waals surface area contributed by atoms with Crippen LogP contribution >= 0.6 is 0 Å². The quantitative estimate of drug-likeness (QED) is 0.711. The van der Waals surface area contributed by atoms with Crippen molar-refractivity contribution in [1.82, 2.24) is 14.7 Å². The molecule has 7 nitrogen and oxygen atoms in total. The number of aromatic amines is 1. The van der Waals surface area contributed by atoms with Crippen molar-refractivity contribution in [2.45, 2.75) is 37.6 Å². The molecule has 1 aromatic heterocycles. The van der Waals surface area contributed by atoms with Crippen LogP contribution in [0.25, 0.3) is 0 Å². The highest BCUT2D eigenvalue weighted by atomic mass is 32.2. The average Bonchev–Trinajstić information content (AvgIpc) is 2.69. The third kappa shape index (κ3) is 3.13. The van der Waals surface area contributed by atoms with E-state index >= 15 is 0 Å². The second-order valence-electron chi connectivity index (χ2n) is 5.08. The van der Waals surface area contributed by atoms with Gasteiger partial charge in [-0.2, -0.15) is 0 Å². The number of hydrogen-bond acceptors (Lipinski definition) is 4. The summed E-state index contributed by atoms with van der Waals surface area (Å²) in [7, 11) is -3.65. The Labute approximate surface area is 111 Å². The van der Waals surface area contributed by atoms with E-state index in [1.807, 2.05) is 0 Å². The molecule has 0 aromatic carbocycles. The van der Waals surface area contributed by atoms with Gasteiger partial charge in [0.2, 0.25) is 0 Å². The molecule has 1 aliphatic carbocycles. The number of imidazole rings is 1. The Morgan fingerprint density at radius 1 is 1.58 bits per heavy atom. The van der Waals surface area contributed by atoms with Crippen molar-refractivity contribution < 1.29 is 18.3 Å². The third-order valence-electron chi connectivity index (χ3n) is 3.55. The van der Waals surface area contributed by atoms with Gasteiger partial charge in [-0.25, -0.2) is 18.1 Å². The zero-order chi connectivity index (χ0) is 14.1. The van der Waals surface area contributed by atoms with Crippen LogP contribution in [0.15, 0.2) is 11.2 Å². The van der Waals surface area contributed by atoms with E-state index in [0.717, 1.165) is 19.3 Å². The Balaban J connectivity index is 2.03. The molecule has 1 aromatic rings. The Morgan fingerprint density at radius 2 is 2.26 bits per heavy atom. The Kier molecular flexibility index (Phi) is 3.64. The average molecular weight is 287 g/mol. The minimum absolute atomic E-state index is 0.00246. The first-order valence-corrected chi connectivity index (χ1v) is 7.54. The van der Waals surface area contributed by atoms with E-state index in [1.54, 1.807) is 6.92 Å². The smallest absolute Gasteiger partial charge is 0.303 e. The van der Waals surface area contributed by atoms with Crippen LogP contribution < -0.4 is 4.72 Å². The zero-order valence-corrected chi connectivity index (χ0v) is 11.5. The molecular weight excluding hydrogens is 270 g/mol. The predicted molar refractivity (Wildman–Crippen MR) is 67.1 cm³/mol. The standard InChI is InChI=1S/C11H17N3O4S/c1-8-12-6-9(14-8)19(17,18)13-7-11(3-2-4-11)5-10(15)16/h6,13H,2-5,7H2,1H3,(H,12,14)(H,15,16). The molecule has 3 N–H and O–H groups in total. The summed E-state index contributed by atoms with van der Waals surface area (Å²) in [5.41, 5.74) is -0.437. The van der Waals surface area contributed by atoms with E-state index in [2.05, 4.69) is 14.7 Å². The van der Waals surface area contributed by atoms with Crippen molar-refractivity contribution in [3.8, 4) is 0 Å². The van der Waals surface area contributed by atoms with Crippen molar-refractivity contribution in [1.29, 1.82) is 0 Å². The number of aryl methyl sites for hydroxylation is 1. The Bertz CT molecular complexity index is 575. The number of aromatic nitrogens is 2. The van der Waals surface area contributed by atoms with E-state index < -0.39 is 21.4 Å². The highest BCUT2D eigenvalue weighted by molar-refractivity contribution is 7.89. The minimum atomic E-state index is -3.65. The van der Waals surface area contributed by atoms with E-state index in [1.165, 1.54) is 6.20 Å². The predicted octanol–water partition coefficient (Wildman–Crippen LogP) is 0.641. The first-order valence-electron chi connectivity index (χ1n) is 6.06. The second-order valence-corrected chi connectivity index (χ2v) is 6.82. The van der Waals surface area contributed by atoms with E-state index in [9.17, 15) is 13.2 Å². The van der Waals surface area contributed by atoms with Crippen LogP contribution in [-0.2, 0) is 14.8 Å². The van der Waals surface area contributed by atoms with Crippen LogP contribution in [-0.4, -0.2) is 36.0 Å². The molecule has 1 saturated carbocycles. The van der Waals surface area contributed by atoms with Gasteiger partial charge < -0.3 is 10.1 Å². The summed E-state index contributed by atoms with van der Waals surface area (Å²) < 4.78 is 26.5. The van der Waals surface area contributed by atoms with Crippen molar-refractivity contribution in [3.63, 3.8) is 0 Å². The summed E-state index contributed by atoms with van der Waals surface area (Å²) in [4.78, 5) is 17.3. The van der Waals surface area contributed by atoms with Crippen LogP contribution in [0.3, 0.4) is 0 Å². The molecule has 8 heteroatoms. The van der Waals surface area contributed by atoms with Crippen molar-refractivity contribution in [2.75, 3.05) is 6.54 Å². The lowest BCUT2D eigenvalue weighted by atomic mass is 9.67. The number of hydrogen-bond donors (Lipinski definition) is 3. The van der Waals surface area contributed by atoms with Gasteiger partial charge in [0.25, 0.3) is 10.0 Å². The molecule has 1 aliphatic rings. The number of nitrogens with zero attached hydrogens (tertiary/aromatic N) is 1. The zero-order valence-electron chi connectivity index (χ0n) is 10.6. The number of H-pyrrole nitrogens is 1. The second kappa shape index (κ2) is 4.93. The SMILES string of the molecule is Cc1ncc(S(=O)(=O)NCC2(CC(=O)O)CCC2)[nH]1. The first kappa shape index (κ1) is 14.0. The molecule has 1 fully saturated rings. The number of sulfonamides is 1. The van der Waals surface area contributed by atoms with Gasteiger partial charge in [-0.3, -0.25) is 4.79 Å². The van der Waals surface area contributed by atoms with Gasteiger partial charge in [0, 0.05) is 6.54 Å². The molecule has 0 aliphatic heterocycles. The normalized spacial score (nSPS) is 17.9. The highest BCUT2D eigenvalue weighted by Gasteiger charge is 2.40. The fourth-order valence-electron chi connectivity index (χ4n) is 2.27. The van der Waals surface area contributed by atoms with Crippen LogP contribution in [0.5, 0.6) is 0 Å². The molecule has 0 atom stereocenters. The van der Waals surface area contributed by atoms with Crippen LogP contribution in [0.2, 0.25) is 0 Å². The van der Waals surface area contributed by atoms with E-state index in [-0.39, 0.29) is 18.0 Å². The first-order chi connectivity index (χ1) is 8.83. The maximum atomic E-state index is 12.0. The van der Waals surface area contributed by atoms with Gasteiger partial charge in [-0.15, -0.1) is 0 Å². The molecule has 19 heavy (non-hydrogen) atoms. The van der Waals surface area contributed by atoms with E-state index in [4.69, 9.17) is 5.11 Å². The largest absolute Gasteiger partial charge is 0.481 e. The van der Waals surface area contributed by atoms with E-state index in [0.29, 0.717) is 5.82 Å². The maximum absolute atomic E-state index is 12.0. The van der Waals surface area contributed by atoms with Crippen molar-refractivity contribution >= 4 is 16.0 Å². The number of carbonyl (C=O) groups is 1. The molecule has 2 rings (SSSR count). The van der Waals surface area contributed by atoms with Gasteiger partial charge in [0.05, 0.1) is 12.6 Å². The number of carboxylic acid groups (broad SMARTS) is 1. The molecule has 106 valence electrons. The molecule has 0 unspecified atom stereocenters. The van der Waals surface area contributed by atoms with Crippen LogP contribution in [0, 0.1) is 12.3 Å². The third-order valence-corrected chi connectivity index (χ3v) is 4.86. The Hall–Kier alpha value is -1.41. The Morgan fingerprint density at radius 3 is 2.68 bits per heavy atom. The van der Waals surface area contributed by atoms with Crippen LogP contribution in [0.1, 0.15) is 31.5 Å². The van der Waals surface area contributed by atoms with Gasteiger partial charge in [0.15, 0.2) is 5.03 Å². The number of rotatable bonds is 6. The lowest BCUT2D eigenvalue weighted by molar-refractivity contribution is -0.141. The van der Waals surface area contributed by atoms with Gasteiger partial charge in [0.1, 0.15) is 5.82 Å². The number of nitrogens with one attached hydrogen (secondary N) is 2. The molecule has 0 amide bonds. The topological polar surface area (TPSA) is 112 Å². The molecule has 1 heterocycles. The maximum Gasteiger partial charge on any atom is 0.303 e. The fourth-order valence-corrected chi connectivity index (χ4v) is 3.40. The molecule has 0 radical (unpaired) electrons. The lowest BCUT2D eigenvalue weighted by Gasteiger charge is -2.40. The van der Waals surface area contributed by atoms with Gasteiger partial charge >= 0.3 is 5.97 Å². The molecule has 0 saturated heterocycles. The molecule has 0 bridgehead atoms. The van der Waals surface area contributed by atoms with Crippen molar-refractivity contribution in [3.05, 3.63) is 12.0 Å². The summed E-state index contributed by atoms with van der Waals surface area (Å²) >= 11 is 0. The molecule has 0 spiro atoms. The van der Waals surface area contributed by atoms with Crippen molar-refractivity contribution in [2.24, 2.45) is 5.41 Å². The van der Waals surface area contributed by atoms with Crippen LogP contribution in [0.4, 0.5) is 0 Å². The summed E-state index contributed by atoms with van der Waals surface area (Å²) in [5.74, 6) is -0.374. The summed E-state index contributed by atoms with van der Waals surface area (Å²) in [6.07, 6.45) is 3.67.